The number of methoxy groups -OCH3 is 2. The van der Waals surface area contributed by atoms with E-state index in [9.17, 15) is 19.2 Å². The van der Waals surface area contributed by atoms with Crippen LogP contribution in [0.5, 0.6) is 0 Å². The molecule has 1 unspecified atom stereocenters. The predicted octanol–water partition coefficient (Wildman–Crippen LogP) is 5.11. The number of hydrogen-bond acceptors (Lipinski definition) is 6. The number of ether oxygens (including phenoxy) is 2. The Morgan fingerprint density at radius 2 is 1.36 bits per heavy atom. The monoisotopic (exact) mass is 524 g/mol. The third-order valence-corrected chi connectivity index (χ3v) is 7.16. The molecule has 2 aromatic heterocycles. The number of rotatable bonds is 6. The van der Waals surface area contributed by atoms with Crippen molar-refractivity contribution in [1.82, 2.24) is 9.30 Å². The zero-order valence-corrected chi connectivity index (χ0v) is 21.8. The fourth-order valence-electron chi connectivity index (χ4n) is 5.40. The predicted molar refractivity (Wildman–Crippen MR) is 144 cm³/mol. The van der Waals surface area contributed by atoms with Gasteiger partial charge in [0, 0.05) is 23.9 Å². The number of fused-ring (bicyclic) bond motifs is 1. The number of carbonyl (C=O) groups excluding carboxylic acids is 4. The van der Waals surface area contributed by atoms with Gasteiger partial charge in [0.2, 0.25) is 5.78 Å². The van der Waals surface area contributed by atoms with Crippen LogP contribution in [0.1, 0.15) is 78.0 Å². The normalized spacial score (nSPS) is 15.1. The molecule has 5 rings (SSSR count). The molecule has 198 valence electrons. The van der Waals surface area contributed by atoms with Crippen molar-refractivity contribution >= 4 is 29.1 Å². The fourth-order valence-corrected chi connectivity index (χ4v) is 5.40. The van der Waals surface area contributed by atoms with E-state index in [1.165, 1.54) is 14.2 Å². The van der Waals surface area contributed by atoms with E-state index in [0.717, 1.165) is 12.8 Å². The van der Waals surface area contributed by atoms with Crippen LogP contribution < -0.4 is 0 Å². The number of likely N-dealkylation sites (tertiary alicyclic amines) is 1. The van der Waals surface area contributed by atoms with E-state index in [1.54, 1.807) is 64.0 Å². The Morgan fingerprint density at radius 1 is 0.744 bits per heavy atom. The summed E-state index contributed by atoms with van der Waals surface area (Å²) in [6, 6.07) is 20.8. The maximum atomic E-state index is 13.8. The Kier molecular flexibility index (Phi) is 7.27. The van der Waals surface area contributed by atoms with Crippen molar-refractivity contribution in [3.63, 3.8) is 0 Å². The molecule has 39 heavy (non-hydrogen) atoms. The van der Waals surface area contributed by atoms with Crippen LogP contribution in [0, 0.1) is 0 Å². The van der Waals surface area contributed by atoms with E-state index >= 15 is 0 Å². The highest BCUT2D eigenvalue weighted by Crippen LogP contribution is 2.38. The van der Waals surface area contributed by atoms with Gasteiger partial charge in [-0.05, 0) is 43.0 Å². The standard InChI is InChI=1S/C31H28N2O6/c1-38-30(36)24-25(31(37)39-2)27(28(34)20-12-5-3-6-13-20)33-19-11-16-22(26(24)33)23-17-9-10-18-32(23)29(35)21-14-7-4-8-15-21/h3-8,11-16,19,23H,9-10,17-18H2,1-2H3. The van der Waals surface area contributed by atoms with E-state index < -0.39 is 23.8 Å². The summed E-state index contributed by atoms with van der Waals surface area (Å²) in [7, 11) is 2.42. The summed E-state index contributed by atoms with van der Waals surface area (Å²) in [5.41, 5.74) is 1.69. The zero-order chi connectivity index (χ0) is 27.5. The molecule has 1 fully saturated rings. The molecule has 0 saturated carbocycles. The average Bonchev–Trinajstić information content (AvgIpc) is 3.36. The van der Waals surface area contributed by atoms with Gasteiger partial charge < -0.3 is 18.8 Å². The Balaban J connectivity index is 1.78. The summed E-state index contributed by atoms with van der Waals surface area (Å²) in [6.07, 6.45) is 4.01. The summed E-state index contributed by atoms with van der Waals surface area (Å²) in [5.74, 6) is -2.17. The summed E-state index contributed by atoms with van der Waals surface area (Å²) in [5, 5.41) is 0. The lowest BCUT2D eigenvalue weighted by Crippen LogP contribution is -2.38. The van der Waals surface area contributed by atoms with E-state index in [0.29, 0.717) is 35.2 Å². The van der Waals surface area contributed by atoms with Gasteiger partial charge in [-0.3, -0.25) is 9.59 Å². The van der Waals surface area contributed by atoms with Crippen LogP contribution in [0.15, 0.2) is 79.0 Å². The Labute approximate surface area is 225 Å². The topological polar surface area (TPSA) is 94.4 Å². The molecule has 1 aliphatic heterocycles. The molecule has 1 aliphatic rings. The van der Waals surface area contributed by atoms with E-state index in [-0.39, 0.29) is 22.7 Å². The van der Waals surface area contributed by atoms with Gasteiger partial charge in [0.05, 0.1) is 25.8 Å². The smallest absolute Gasteiger partial charge is 0.341 e. The molecule has 4 aromatic rings. The number of pyridine rings is 1. The summed E-state index contributed by atoms with van der Waals surface area (Å²) in [6.45, 7) is 0.535. The molecular formula is C31H28N2O6. The van der Waals surface area contributed by atoms with Crippen molar-refractivity contribution in [2.75, 3.05) is 20.8 Å². The van der Waals surface area contributed by atoms with Crippen molar-refractivity contribution < 1.29 is 28.7 Å². The number of nitrogens with zero attached hydrogens (tertiary/aromatic N) is 2. The molecule has 0 N–H and O–H groups in total. The highest BCUT2D eigenvalue weighted by atomic mass is 16.5. The number of amides is 1. The van der Waals surface area contributed by atoms with Gasteiger partial charge in [-0.2, -0.15) is 0 Å². The van der Waals surface area contributed by atoms with Crippen LogP contribution in [0.4, 0.5) is 0 Å². The zero-order valence-electron chi connectivity index (χ0n) is 21.8. The van der Waals surface area contributed by atoms with E-state index in [2.05, 4.69) is 0 Å². The number of benzene rings is 2. The van der Waals surface area contributed by atoms with Crippen LogP contribution in [0.3, 0.4) is 0 Å². The molecule has 8 heteroatoms. The first-order chi connectivity index (χ1) is 19.0. The summed E-state index contributed by atoms with van der Waals surface area (Å²) in [4.78, 5) is 55.7. The molecule has 8 nitrogen and oxygen atoms in total. The number of piperidine rings is 1. The van der Waals surface area contributed by atoms with Gasteiger partial charge in [0.25, 0.3) is 5.91 Å². The van der Waals surface area contributed by atoms with Gasteiger partial charge in [-0.15, -0.1) is 0 Å². The molecular weight excluding hydrogens is 496 g/mol. The van der Waals surface area contributed by atoms with Crippen LogP contribution in [-0.2, 0) is 9.47 Å². The molecule has 1 amide bonds. The Bertz CT molecular complexity index is 1560. The van der Waals surface area contributed by atoms with Crippen LogP contribution in [-0.4, -0.2) is 53.7 Å². The highest BCUT2D eigenvalue weighted by molar-refractivity contribution is 6.20. The van der Waals surface area contributed by atoms with Crippen molar-refractivity contribution in [3.05, 3.63) is 113 Å². The summed E-state index contributed by atoms with van der Waals surface area (Å²) < 4.78 is 11.7. The second-order valence-corrected chi connectivity index (χ2v) is 9.34. The molecule has 0 aliphatic carbocycles. The lowest BCUT2D eigenvalue weighted by molar-refractivity contribution is 0.0556. The van der Waals surface area contributed by atoms with Crippen molar-refractivity contribution in [3.8, 4) is 0 Å². The SMILES string of the molecule is COC(=O)c1c(C(=O)OC)c2c(C3CCCCN3C(=O)c3ccccc3)cccn2c1C(=O)c1ccccc1. The molecule has 0 spiro atoms. The largest absolute Gasteiger partial charge is 0.465 e. The van der Waals surface area contributed by atoms with Crippen molar-refractivity contribution in [2.45, 2.75) is 25.3 Å². The average molecular weight is 525 g/mol. The molecule has 1 saturated heterocycles. The van der Waals surface area contributed by atoms with Crippen molar-refractivity contribution in [2.24, 2.45) is 0 Å². The van der Waals surface area contributed by atoms with Gasteiger partial charge in [-0.1, -0.05) is 54.6 Å². The summed E-state index contributed by atoms with van der Waals surface area (Å²) >= 11 is 0. The van der Waals surface area contributed by atoms with Crippen LogP contribution in [0.25, 0.3) is 5.52 Å². The minimum absolute atomic E-state index is 0.00189. The van der Waals surface area contributed by atoms with Crippen LogP contribution >= 0.6 is 0 Å². The molecule has 0 radical (unpaired) electrons. The van der Waals surface area contributed by atoms with E-state index in [4.69, 9.17) is 9.47 Å². The maximum absolute atomic E-state index is 13.8. The maximum Gasteiger partial charge on any atom is 0.341 e. The molecule has 3 heterocycles. The Morgan fingerprint density at radius 3 is 2.00 bits per heavy atom. The third-order valence-electron chi connectivity index (χ3n) is 7.16. The number of esters is 2. The van der Waals surface area contributed by atoms with Gasteiger partial charge in [0.1, 0.15) is 16.8 Å². The van der Waals surface area contributed by atoms with Gasteiger partial charge in [-0.25, -0.2) is 9.59 Å². The minimum Gasteiger partial charge on any atom is -0.465 e. The number of aromatic nitrogens is 1. The second kappa shape index (κ2) is 10.9. The molecule has 0 bridgehead atoms. The van der Waals surface area contributed by atoms with Crippen molar-refractivity contribution in [1.29, 1.82) is 0 Å². The molecule has 2 aromatic carbocycles. The third kappa shape index (κ3) is 4.58. The lowest BCUT2D eigenvalue weighted by Gasteiger charge is -2.36. The second-order valence-electron chi connectivity index (χ2n) is 9.34. The first-order valence-corrected chi connectivity index (χ1v) is 12.8. The highest BCUT2D eigenvalue weighted by Gasteiger charge is 2.37. The van der Waals surface area contributed by atoms with Crippen LogP contribution in [0.2, 0.25) is 0 Å². The van der Waals surface area contributed by atoms with Gasteiger partial charge >= 0.3 is 11.9 Å². The number of carbonyl (C=O) groups is 4. The quantitative estimate of drug-likeness (QED) is 0.257. The first kappa shape index (κ1) is 25.9. The Hall–Kier alpha value is -4.72. The van der Waals surface area contributed by atoms with E-state index in [1.807, 2.05) is 24.3 Å². The minimum atomic E-state index is -0.829. The lowest BCUT2D eigenvalue weighted by atomic mass is 9.92. The van der Waals surface area contributed by atoms with Gasteiger partial charge in [0.15, 0.2) is 0 Å². The number of hydrogen-bond donors (Lipinski definition) is 0. The fraction of sp³-hybridized carbons (Fsp3) is 0.226. The molecule has 1 atom stereocenters. The number of ketones is 1. The first-order valence-electron chi connectivity index (χ1n) is 12.8.